The van der Waals surface area contributed by atoms with Crippen LogP contribution in [-0.2, 0) is 6.54 Å². The van der Waals surface area contributed by atoms with Crippen molar-refractivity contribution in [2.24, 2.45) is 5.92 Å². The summed E-state index contributed by atoms with van der Waals surface area (Å²) >= 11 is 0. The van der Waals surface area contributed by atoms with E-state index in [4.69, 9.17) is 13.9 Å². The summed E-state index contributed by atoms with van der Waals surface area (Å²) in [6, 6.07) is 11.2. The molecule has 1 atom stereocenters. The van der Waals surface area contributed by atoms with Crippen molar-refractivity contribution in [3.8, 4) is 11.5 Å². The number of aliphatic hydroxyl groups is 1. The van der Waals surface area contributed by atoms with Crippen molar-refractivity contribution in [2.45, 2.75) is 26.5 Å². The van der Waals surface area contributed by atoms with E-state index in [9.17, 15) is 5.11 Å². The summed E-state index contributed by atoms with van der Waals surface area (Å²) in [6.07, 6.45) is 1.10. The molecule has 0 aliphatic heterocycles. The maximum absolute atomic E-state index is 10.3. The van der Waals surface area contributed by atoms with Gasteiger partial charge in [-0.05, 0) is 42.3 Å². The Hall–Kier alpha value is -1.98. The van der Waals surface area contributed by atoms with Gasteiger partial charge in [0.1, 0.15) is 30.0 Å². The minimum absolute atomic E-state index is 0.249. The molecule has 0 aliphatic rings. The third-order valence-corrected chi connectivity index (χ3v) is 3.55. The molecule has 2 rings (SSSR count). The van der Waals surface area contributed by atoms with Crippen molar-refractivity contribution in [2.75, 3.05) is 26.8 Å². The lowest BCUT2D eigenvalue weighted by atomic mass is 10.2. The van der Waals surface area contributed by atoms with E-state index < -0.39 is 6.10 Å². The lowest BCUT2D eigenvalue weighted by molar-refractivity contribution is 0.0591. The lowest BCUT2D eigenvalue weighted by Gasteiger charge is -2.26. The Kier molecular flexibility index (Phi) is 7.15. The Bertz CT molecular complexity index is 566. The first-order chi connectivity index (χ1) is 11.6. The van der Waals surface area contributed by atoms with Crippen molar-refractivity contribution in [1.82, 2.24) is 4.90 Å². The summed E-state index contributed by atoms with van der Waals surface area (Å²) in [5.74, 6) is 2.91. The number of nitrogens with zero attached hydrogens (tertiary/aromatic N) is 1. The van der Waals surface area contributed by atoms with Crippen LogP contribution in [-0.4, -0.2) is 42.9 Å². The molecule has 0 saturated carbocycles. The van der Waals surface area contributed by atoms with Gasteiger partial charge >= 0.3 is 0 Å². The molecule has 0 aliphatic carbocycles. The number of ether oxygens (including phenoxy) is 2. The maximum atomic E-state index is 10.3. The predicted molar refractivity (Wildman–Crippen MR) is 93.3 cm³/mol. The number of aliphatic hydroxyl groups excluding tert-OH is 1. The second-order valence-electron chi connectivity index (χ2n) is 6.31. The largest absolute Gasteiger partial charge is 0.497 e. The Balaban J connectivity index is 1.83. The highest BCUT2D eigenvalue weighted by Gasteiger charge is 2.15. The van der Waals surface area contributed by atoms with Crippen LogP contribution in [0, 0.1) is 5.92 Å². The van der Waals surface area contributed by atoms with Crippen LogP contribution in [0.15, 0.2) is 47.1 Å². The summed E-state index contributed by atoms with van der Waals surface area (Å²) in [7, 11) is 1.63. The zero-order valence-corrected chi connectivity index (χ0v) is 14.6. The molecule has 1 N–H and O–H groups in total. The van der Waals surface area contributed by atoms with E-state index in [1.807, 2.05) is 36.4 Å². The molecule has 0 spiro atoms. The predicted octanol–water partition coefficient (Wildman–Crippen LogP) is 3.19. The zero-order valence-electron chi connectivity index (χ0n) is 14.6. The normalized spacial score (nSPS) is 12.6. The van der Waals surface area contributed by atoms with Gasteiger partial charge in [0.15, 0.2) is 0 Å². The van der Waals surface area contributed by atoms with Crippen LogP contribution < -0.4 is 9.47 Å². The molecule has 0 bridgehead atoms. The smallest absolute Gasteiger partial charge is 0.119 e. The van der Waals surface area contributed by atoms with E-state index in [1.54, 1.807) is 13.4 Å². The molecule has 5 heteroatoms. The summed E-state index contributed by atoms with van der Waals surface area (Å²) in [5, 5.41) is 10.3. The molecule has 0 saturated heterocycles. The molecule has 132 valence electrons. The van der Waals surface area contributed by atoms with E-state index in [0.29, 0.717) is 19.0 Å². The fraction of sp³-hybridized carbons (Fsp3) is 0.474. The molecule has 0 radical (unpaired) electrons. The van der Waals surface area contributed by atoms with Gasteiger partial charge in [-0.15, -0.1) is 0 Å². The fourth-order valence-electron chi connectivity index (χ4n) is 2.56. The number of rotatable bonds is 10. The van der Waals surface area contributed by atoms with Gasteiger partial charge in [0.25, 0.3) is 0 Å². The Morgan fingerprint density at radius 1 is 1.08 bits per heavy atom. The molecule has 0 fully saturated rings. The van der Waals surface area contributed by atoms with E-state index in [0.717, 1.165) is 23.8 Å². The van der Waals surface area contributed by atoms with Crippen molar-refractivity contribution in [1.29, 1.82) is 0 Å². The Morgan fingerprint density at radius 2 is 1.79 bits per heavy atom. The molecule has 24 heavy (non-hydrogen) atoms. The molecule has 1 unspecified atom stereocenters. The van der Waals surface area contributed by atoms with Gasteiger partial charge in [-0.1, -0.05) is 13.8 Å². The molecule has 1 heterocycles. The Labute approximate surface area is 143 Å². The SMILES string of the molecule is COc1ccc(OCC(O)CN(Cc2ccco2)CC(C)C)cc1. The van der Waals surface area contributed by atoms with Crippen LogP contribution in [0.3, 0.4) is 0 Å². The summed E-state index contributed by atoms with van der Waals surface area (Å²) < 4.78 is 16.2. The topological polar surface area (TPSA) is 55.1 Å². The van der Waals surface area contributed by atoms with Crippen molar-refractivity contribution in [3.63, 3.8) is 0 Å². The average Bonchev–Trinajstić information content (AvgIpc) is 3.05. The molecule has 0 amide bonds. The number of hydrogen-bond donors (Lipinski definition) is 1. The molecule has 5 nitrogen and oxygen atoms in total. The second-order valence-corrected chi connectivity index (χ2v) is 6.31. The number of benzene rings is 1. The first-order valence-electron chi connectivity index (χ1n) is 8.26. The van der Waals surface area contributed by atoms with Crippen LogP contribution in [0.4, 0.5) is 0 Å². The van der Waals surface area contributed by atoms with Crippen LogP contribution in [0.25, 0.3) is 0 Å². The van der Waals surface area contributed by atoms with Gasteiger partial charge in [-0.2, -0.15) is 0 Å². The van der Waals surface area contributed by atoms with Crippen molar-refractivity contribution in [3.05, 3.63) is 48.4 Å². The number of furan rings is 1. The minimum atomic E-state index is -0.569. The van der Waals surface area contributed by atoms with Crippen molar-refractivity contribution >= 4 is 0 Å². The lowest BCUT2D eigenvalue weighted by Crippen LogP contribution is -2.37. The number of methoxy groups -OCH3 is 1. The summed E-state index contributed by atoms with van der Waals surface area (Å²) in [6.45, 7) is 6.68. The van der Waals surface area contributed by atoms with Gasteiger partial charge in [-0.25, -0.2) is 0 Å². The van der Waals surface area contributed by atoms with E-state index in [1.165, 1.54) is 0 Å². The molecule has 2 aromatic rings. The average molecular weight is 333 g/mol. The third-order valence-electron chi connectivity index (χ3n) is 3.55. The van der Waals surface area contributed by atoms with Crippen LogP contribution in [0.5, 0.6) is 11.5 Å². The third kappa shape index (κ3) is 6.26. The quantitative estimate of drug-likeness (QED) is 0.724. The first-order valence-corrected chi connectivity index (χ1v) is 8.26. The Morgan fingerprint density at radius 3 is 2.38 bits per heavy atom. The van der Waals surface area contributed by atoms with E-state index in [2.05, 4.69) is 18.7 Å². The van der Waals surface area contributed by atoms with Crippen LogP contribution >= 0.6 is 0 Å². The van der Waals surface area contributed by atoms with Crippen LogP contribution in [0.1, 0.15) is 19.6 Å². The highest BCUT2D eigenvalue weighted by Crippen LogP contribution is 2.17. The summed E-state index contributed by atoms with van der Waals surface area (Å²) in [5.41, 5.74) is 0. The van der Waals surface area contributed by atoms with E-state index >= 15 is 0 Å². The molecule has 1 aromatic heterocycles. The number of hydrogen-bond acceptors (Lipinski definition) is 5. The van der Waals surface area contributed by atoms with E-state index in [-0.39, 0.29) is 6.61 Å². The monoisotopic (exact) mass is 333 g/mol. The first kappa shape index (κ1) is 18.4. The standard InChI is InChI=1S/C19H27NO4/c1-15(2)11-20(13-19-5-4-10-23-19)12-16(21)14-24-18-8-6-17(22-3)7-9-18/h4-10,15-16,21H,11-14H2,1-3H3. The fourth-order valence-corrected chi connectivity index (χ4v) is 2.56. The second kappa shape index (κ2) is 9.35. The van der Waals surface area contributed by atoms with Gasteiger partial charge in [0.2, 0.25) is 0 Å². The van der Waals surface area contributed by atoms with Gasteiger partial charge in [0, 0.05) is 13.1 Å². The maximum Gasteiger partial charge on any atom is 0.119 e. The molecular formula is C19H27NO4. The van der Waals surface area contributed by atoms with Crippen molar-refractivity contribution < 1.29 is 19.0 Å². The van der Waals surface area contributed by atoms with Gasteiger partial charge < -0.3 is 19.0 Å². The van der Waals surface area contributed by atoms with Gasteiger partial charge in [0.05, 0.1) is 19.9 Å². The summed E-state index contributed by atoms with van der Waals surface area (Å²) in [4.78, 5) is 2.19. The highest BCUT2D eigenvalue weighted by molar-refractivity contribution is 5.31. The molecular weight excluding hydrogens is 306 g/mol. The molecule has 1 aromatic carbocycles. The van der Waals surface area contributed by atoms with Gasteiger partial charge in [-0.3, -0.25) is 4.90 Å². The zero-order chi connectivity index (χ0) is 17.4. The highest BCUT2D eigenvalue weighted by atomic mass is 16.5. The van der Waals surface area contributed by atoms with Crippen LogP contribution in [0.2, 0.25) is 0 Å². The minimum Gasteiger partial charge on any atom is -0.497 e.